The zero-order valence-corrected chi connectivity index (χ0v) is 22.8. The second kappa shape index (κ2) is 11.5. The molecule has 2 amide bonds. The smallest absolute Gasteiger partial charge is 0.497 e. The Hall–Kier alpha value is -4.56. The van der Waals surface area contributed by atoms with Crippen LogP contribution in [-0.4, -0.2) is 48.4 Å². The third-order valence-electron chi connectivity index (χ3n) is 7.53. The number of hydrogen-bond donors (Lipinski definition) is 1. The van der Waals surface area contributed by atoms with Gasteiger partial charge in [-0.2, -0.15) is 0 Å². The van der Waals surface area contributed by atoms with Crippen molar-refractivity contribution in [1.82, 2.24) is 9.88 Å². The molecule has 5 rings (SSSR count). The van der Waals surface area contributed by atoms with Gasteiger partial charge in [0.2, 0.25) is 11.8 Å². The number of pyridine rings is 1. The molecule has 1 N–H and O–H groups in total. The first kappa shape index (κ1) is 30.9. The maximum Gasteiger partial charge on any atom is 0.573 e. The number of benzene rings is 2. The average Bonchev–Trinajstić information content (AvgIpc) is 3.22. The molecular weight excluding hydrogens is 603 g/mol. The van der Waals surface area contributed by atoms with Gasteiger partial charge in [0.15, 0.2) is 0 Å². The van der Waals surface area contributed by atoms with Gasteiger partial charge in [-0.3, -0.25) is 14.4 Å². The highest BCUT2D eigenvalue weighted by atomic mass is 19.4. The lowest BCUT2D eigenvalue weighted by Crippen LogP contribution is -2.45. The van der Waals surface area contributed by atoms with Crippen molar-refractivity contribution < 1.29 is 49.8 Å². The first-order valence-electron chi connectivity index (χ1n) is 13.2. The molecule has 15 heteroatoms. The van der Waals surface area contributed by atoms with Crippen molar-refractivity contribution in [3.63, 3.8) is 0 Å². The minimum Gasteiger partial charge on any atom is -0.497 e. The molecule has 0 radical (unpaired) electrons. The molecule has 44 heavy (non-hydrogen) atoms. The number of hydrogen-bond acceptors (Lipinski definition) is 5. The van der Waals surface area contributed by atoms with E-state index in [-0.39, 0.29) is 23.5 Å². The summed E-state index contributed by atoms with van der Waals surface area (Å²) in [6, 6.07) is 6.58. The van der Waals surface area contributed by atoms with Gasteiger partial charge in [-0.25, -0.2) is 17.6 Å². The van der Waals surface area contributed by atoms with Crippen LogP contribution in [0.15, 0.2) is 59.5 Å². The van der Waals surface area contributed by atoms with Gasteiger partial charge in [-0.05, 0) is 42.3 Å². The molecule has 1 aliphatic heterocycles. The van der Waals surface area contributed by atoms with E-state index in [0.717, 1.165) is 41.3 Å². The molecule has 1 saturated heterocycles. The molecule has 2 fully saturated rings. The Bertz CT molecular complexity index is 1610. The van der Waals surface area contributed by atoms with E-state index in [1.807, 2.05) is 0 Å². The summed E-state index contributed by atoms with van der Waals surface area (Å²) in [7, 11) is 1.19. The molecule has 0 bridgehead atoms. The van der Waals surface area contributed by atoms with Crippen LogP contribution in [0.4, 0.5) is 36.4 Å². The highest BCUT2D eigenvalue weighted by molar-refractivity contribution is 6.05. The third-order valence-corrected chi connectivity index (χ3v) is 7.53. The lowest BCUT2D eigenvalue weighted by Gasteiger charge is -2.35. The lowest BCUT2D eigenvalue weighted by molar-refractivity contribution is -0.274. The molecule has 1 aliphatic carbocycles. The topological polar surface area (TPSA) is 89.9 Å². The Labute approximate surface area is 245 Å². The van der Waals surface area contributed by atoms with Gasteiger partial charge < -0.3 is 24.3 Å². The molecule has 0 spiro atoms. The summed E-state index contributed by atoms with van der Waals surface area (Å²) in [5.74, 6) is -9.46. The minimum atomic E-state index is -4.97. The average molecular weight is 628 g/mol. The van der Waals surface area contributed by atoms with Crippen LogP contribution in [-0.2, 0) is 11.3 Å². The standard InChI is InChI=1S/C29H24F7N3O5/c1-43-18-9-20(30)23(21(31)10-18)19-14-39(22-3-2-8-38(26(22)41)13-15-11-28(32,33)12-15)27(42)24(19)37-25(40)16-4-6-17(7-5-16)44-29(34,35)36/h2-10,15,19,24H,11-14H2,1H3,(H,37,40)/t19-,24-/m0/s1. The van der Waals surface area contributed by atoms with Gasteiger partial charge in [0, 0.05) is 61.3 Å². The summed E-state index contributed by atoms with van der Waals surface area (Å²) in [5, 5.41) is 2.39. The SMILES string of the molecule is COc1cc(F)c([C@@H]2CN(c3cccn(CC4CC(F)(F)C4)c3=O)C(=O)[C@H]2NC(=O)c2ccc(OC(F)(F)F)cc2)c(F)c1. The van der Waals surface area contributed by atoms with Crippen LogP contribution >= 0.6 is 0 Å². The number of nitrogens with one attached hydrogen (secondary N) is 1. The maximum absolute atomic E-state index is 15.2. The fraction of sp³-hybridized carbons (Fsp3) is 0.345. The number of halogens is 7. The van der Waals surface area contributed by atoms with Crippen molar-refractivity contribution in [3.8, 4) is 11.5 Å². The second-order valence-corrected chi connectivity index (χ2v) is 10.6. The fourth-order valence-electron chi connectivity index (χ4n) is 5.50. The predicted molar refractivity (Wildman–Crippen MR) is 141 cm³/mol. The quantitative estimate of drug-likeness (QED) is 0.355. The molecular formula is C29H24F7N3O5. The van der Waals surface area contributed by atoms with Crippen LogP contribution in [0.1, 0.15) is 34.7 Å². The number of carbonyl (C=O) groups excluding carboxylic acids is 2. The number of rotatable bonds is 8. The van der Waals surface area contributed by atoms with Gasteiger partial charge in [-0.1, -0.05) is 0 Å². The second-order valence-electron chi connectivity index (χ2n) is 10.6. The van der Waals surface area contributed by atoms with E-state index < -0.39 is 89.9 Å². The van der Waals surface area contributed by atoms with Crippen molar-refractivity contribution in [2.75, 3.05) is 18.6 Å². The van der Waals surface area contributed by atoms with Crippen molar-refractivity contribution in [3.05, 3.63) is 87.8 Å². The fourth-order valence-corrected chi connectivity index (χ4v) is 5.50. The molecule has 234 valence electrons. The Balaban J connectivity index is 1.46. The van der Waals surface area contributed by atoms with Gasteiger partial charge in [0.25, 0.3) is 11.5 Å². The molecule has 2 heterocycles. The predicted octanol–water partition coefficient (Wildman–Crippen LogP) is 5.01. The third kappa shape index (κ3) is 6.36. The largest absolute Gasteiger partial charge is 0.573 e. The molecule has 2 aromatic carbocycles. The molecule has 1 saturated carbocycles. The first-order valence-corrected chi connectivity index (χ1v) is 13.2. The molecule has 2 aliphatic rings. The van der Waals surface area contributed by atoms with E-state index in [0.29, 0.717) is 0 Å². The number of ether oxygens (including phenoxy) is 2. The zero-order valence-electron chi connectivity index (χ0n) is 22.8. The van der Waals surface area contributed by atoms with Crippen LogP contribution in [0, 0.1) is 17.6 Å². The van der Waals surface area contributed by atoms with Gasteiger partial charge in [0.1, 0.15) is 34.9 Å². The first-order chi connectivity index (χ1) is 20.7. The van der Waals surface area contributed by atoms with Crippen LogP contribution in [0.5, 0.6) is 11.5 Å². The highest BCUT2D eigenvalue weighted by Gasteiger charge is 2.47. The number of aromatic nitrogens is 1. The Kier molecular flexibility index (Phi) is 8.07. The van der Waals surface area contributed by atoms with Gasteiger partial charge in [-0.15, -0.1) is 13.2 Å². The zero-order chi connectivity index (χ0) is 32.0. The van der Waals surface area contributed by atoms with Crippen LogP contribution in [0.25, 0.3) is 0 Å². The van der Waals surface area contributed by atoms with Gasteiger partial charge >= 0.3 is 6.36 Å². The number of anilines is 1. The summed E-state index contributed by atoms with van der Waals surface area (Å²) in [5.41, 5.74) is -1.68. The van der Waals surface area contributed by atoms with E-state index in [1.165, 1.54) is 30.0 Å². The molecule has 1 aromatic heterocycles. The molecule has 8 nitrogen and oxygen atoms in total. The van der Waals surface area contributed by atoms with Crippen LogP contribution in [0.2, 0.25) is 0 Å². The van der Waals surface area contributed by atoms with Crippen molar-refractivity contribution in [2.45, 2.75) is 43.6 Å². The van der Waals surface area contributed by atoms with E-state index >= 15 is 8.78 Å². The Morgan fingerprint density at radius 3 is 2.23 bits per heavy atom. The number of nitrogens with zero attached hydrogens (tertiary/aromatic N) is 2. The monoisotopic (exact) mass is 627 g/mol. The van der Waals surface area contributed by atoms with Crippen LogP contribution in [0.3, 0.4) is 0 Å². The van der Waals surface area contributed by atoms with E-state index in [1.54, 1.807) is 0 Å². The number of carbonyl (C=O) groups is 2. The summed E-state index contributed by atoms with van der Waals surface area (Å²) in [6.45, 7) is -0.493. The summed E-state index contributed by atoms with van der Waals surface area (Å²) < 4.78 is 104. The molecule has 2 atom stereocenters. The molecule has 0 unspecified atom stereocenters. The van der Waals surface area contributed by atoms with Crippen molar-refractivity contribution in [1.29, 1.82) is 0 Å². The Morgan fingerprint density at radius 1 is 1.02 bits per heavy atom. The number of alkyl halides is 5. The minimum absolute atomic E-state index is 0.0380. The van der Waals surface area contributed by atoms with E-state index in [9.17, 15) is 36.3 Å². The van der Waals surface area contributed by atoms with Crippen molar-refractivity contribution >= 4 is 17.5 Å². The lowest BCUT2D eigenvalue weighted by atomic mass is 9.81. The number of methoxy groups -OCH3 is 1. The van der Waals surface area contributed by atoms with Crippen molar-refractivity contribution in [2.24, 2.45) is 5.92 Å². The number of amides is 2. The maximum atomic E-state index is 15.2. The Morgan fingerprint density at radius 2 is 1.66 bits per heavy atom. The van der Waals surface area contributed by atoms with E-state index in [2.05, 4.69) is 10.1 Å². The summed E-state index contributed by atoms with van der Waals surface area (Å²) in [6.07, 6.45) is -4.40. The normalized spacial score (nSPS) is 19.9. The van der Waals surface area contributed by atoms with Crippen LogP contribution < -0.4 is 25.2 Å². The van der Waals surface area contributed by atoms with Gasteiger partial charge in [0.05, 0.1) is 7.11 Å². The van der Waals surface area contributed by atoms with E-state index in [4.69, 9.17) is 4.74 Å². The highest BCUT2D eigenvalue weighted by Crippen LogP contribution is 2.43. The summed E-state index contributed by atoms with van der Waals surface area (Å²) >= 11 is 0. The molecule has 3 aromatic rings. The summed E-state index contributed by atoms with van der Waals surface area (Å²) in [4.78, 5) is 41.1.